The van der Waals surface area contributed by atoms with Gasteiger partial charge in [0, 0.05) is 26.6 Å². The lowest BCUT2D eigenvalue weighted by atomic mass is 10.2. The zero-order valence-electron chi connectivity index (χ0n) is 11.9. The third kappa shape index (κ3) is 3.14. The highest BCUT2D eigenvalue weighted by Gasteiger charge is 2.35. The van der Waals surface area contributed by atoms with Gasteiger partial charge in [-0.1, -0.05) is 0 Å². The molecule has 0 saturated carbocycles. The number of hydrogen-bond acceptors (Lipinski definition) is 4. The number of carboxylic acid groups (broad SMARTS) is 1. The molecule has 0 aliphatic carbocycles. The van der Waals surface area contributed by atoms with Gasteiger partial charge in [0.05, 0.1) is 0 Å². The zero-order chi connectivity index (χ0) is 15.6. The number of imide groups is 1. The molecule has 8 nitrogen and oxygen atoms in total. The summed E-state index contributed by atoms with van der Waals surface area (Å²) >= 11 is 0. The minimum Gasteiger partial charge on any atom is -0.480 e. The Morgan fingerprint density at radius 3 is 2.62 bits per heavy atom. The average molecular weight is 297 g/mol. The van der Waals surface area contributed by atoms with Crippen LogP contribution < -0.4 is 0 Å². The standard InChI is InChI=1S/C13H19N3O5/c1-14-8-11(18)16(13(14)21)7-3-5-10(17)15-6-2-4-9(15)12(19)20/h9H,2-8H2,1H3,(H,19,20). The Morgan fingerprint density at radius 2 is 2.05 bits per heavy atom. The number of aliphatic carboxylic acids is 1. The molecular formula is C13H19N3O5. The summed E-state index contributed by atoms with van der Waals surface area (Å²) in [6, 6.07) is -1.09. The Labute approximate surface area is 122 Å². The molecule has 8 heteroatoms. The van der Waals surface area contributed by atoms with Crippen LogP contribution in [0.5, 0.6) is 0 Å². The van der Waals surface area contributed by atoms with Crippen LogP contribution in [0.15, 0.2) is 0 Å². The number of nitrogens with zero attached hydrogens (tertiary/aromatic N) is 3. The highest BCUT2D eigenvalue weighted by atomic mass is 16.4. The number of amides is 4. The van der Waals surface area contributed by atoms with Gasteiger partial charge in [0.2, 0.25) is 11.8 Å². The molecule has 1 N–H and O–H groups in total. The predicted molar refractivity (Wildman–Crippen MR) is 71.3 cm³/mol. The van der Waals surface area contributed by atoms with Crippen LogP contribution in [0.25, 0.3) is 0 Å². The van der Waals surface area contributed by atoms with Gasteiger partial charge in [-0.05, 0) is 19.3 Å². The van der Waals surface area contributed by atoms with Crippen LogP contribution in [-0.2, 0) is 14.4 Å². The van der Waals surface area contributed by atoms with Crippen LogP contribution in [-0.4, -0.2) is 76.3 Å². The Bertz CT molecular complexity index is 478. The number of carbonyl (C=O) groups is 4. The molecule has 2 aliphatic heterocycles. The van der Waals surface area contributed by atoms with Crippen molar-refractivity contribution in [3.05, 3.63) is 0 Å². The van der Waals surface area contributed by atoms with Gasteiger partial charge in [0.1, 0.15) is 12.6 Å². The van der Waals surface area contributed by atoms with Crippen molar-refractivity contribution in [2.24, 2.45) is 0 Å². The first kappa shape index (κ1) is 15.3. The summed E-state index contributed by atoms with van der Waals surface area (Å²) in [4.78, 5) is 50.1. The van der Waals surface area contributed by atoms with Crippen molar-refractivity contribution >= 4 is 23.8 Å². The SMILES string of the molecule is CN1CC(=O)N(CCCC(=O)N2CCCC2C(=O)O)C1=O. The Kier molecular flexibility index (Phi) is 4.44. The quantitative estimate of drug-likeness (QED) is 0.705. The third-order valence-electron chi connectivity index (χ3n) is 3.86. The van der Waals surface area contributed by atoms with E-state index in [0.29, 0.717) is 25.8 Å². The lowest BCUT2D eigenvalue weighted by Gasteiger charge is -2.22. The normalized spacial score (nSPS) is 22.3. The van der Waals surface area contributed by atoms with Crippen molar-refractivity contribution in [3.63, 3.8) is 0 Å². The van der Waals surface area contributed by atoms with E-state index in [1.165, 1.54) is 9.80 Å². The predicted octanol–water partition coefficient (Wildman–Crippen LogP) is -0.264. The van der Waals surface area contributed by atoms with Gasteiger partial charge >= 0.3 is 12.0 Å². The summed E-state index contributed by atoms with van der Waals surface area (Å²) in [5, 5.41) is 9.03. The van der Waals surface area contributed by atoms with Crippen molar-refractivity contribution < 1.29 is 24.3 Å². The van der Waals surface area contributed by atoms with E-state index in [4.69, 9.17) is 5.11 Å². The minimum atomic E-state index is -0.979. The molecule has 0 bridgehead atoms. The first-order valence-electron chi connectivity index (χ1n) is 6.99. The highest BCUT2D eigenvalue weighted by Crippen LogP contribution is 2.19. The molecule has 2 rings (SSSR count). The van der Waals surface area contributed by atoms with E-state index in [9.17, 15) is 19.2 Å². The lowest BCUT2D eigenvalue weighted by Crippen LogP contribution is -2.40. The van der Waals surface area contributed by atoms with E-state index in [1.54, 1.807) is 7.05 Å². The monoisotopic (exact) mass is 297 g/mol. The van der Waals surface area contributed by atoms with E-state index >= 15 is 0 Å². The van der Waals surface area contributed by atoms with Crippen LogP contribution in [0, 0.1) is 0 Å². The van der Waals surface area contributed by atoms with Crippen molar-refractivity contribution in [1.29, 1.82) is 0 Å². The van der Waals surface area contributed by atoms with E-state index in [-0.39, 0.29) is 37.4 Å². The second-order valence-electron chi connectivity index (χ2n) is 5.37. The molecule has 2 saturated heterocycles. The molecule has 21 heavy (non-hydrogen) atoms. The highest BCUT2D eigenvalue weighted by molar-refractivity contribution is 6.01. The van der Waals surface area contributed by atoms with Crippen LogP contribution in [0.4, 0.5) is 4.79 Å². The van der Waals surface area contributed by atoms with E-state index < -0.39 is 12.0 Å². The zero-order valence-corrected chi connectivity index (χ0v) is 11.9. The number of carboxylic acids is 1. The fourth-order valence-electron chi connectivity index (χ4n) is 2.74. The molecule has 0 aromatic heterocycles. The van der Waals surface area contributed by atoms with Gasteiger partial charge in [-0.2, -0.15) is 0 Å². The van der Waals surface area contributed by atoms with E-state index in [0.717, 1.165) is 4.90 Å². The molecule has 0 spiro atoms. The van der Waals surface area contributed by atoms with Crippen molar-refractivity contribution in [2.75, 3.05) is 26.7 Å². The molecule has 0 radical (unpaired) electrons. The lowest BCUT2D eigenvalue weighted by molar-refractivity contribution is -0.148. The van der Waals surface area contributed by atoms with Crippen LogP contribution in [0.1, 0.15) is 25.7 Å². The van der Waals surface area contributed by atoms with Crippen molar-refractivity contribution in [1.82, 2.24) is 14.7 Å². The van der Waals surface area contributed by atoms with Gasteiger partial charge in [-0.15, -0.1) is 0 Å². The first-order chi connectivity index (χ1) is 9.91. The van der Waals surface area contributed by atoms with Gasteiger partial charge in [0.15, 0.2) is 0 Å². The molecule has 4 amide bonds. The van der Waals surface area contributed by atoms with Gasteiger partial charge in [-0.25, -0.2) is 9.59 Å². The largest absolute Gasteiger partial charge is 0.480 e. The third-order valence-corrected chi connectivity index (χ3v) is 3.86. The molecule has 2 aliphatic rings. The molecule has 0 aromatic carbocycles. The van der Waals surface area contributed by atoms with Crippen molar-refractivity contribution in [3.8, 4) is 0 Å². The minimum absolute atomic E-state index is 0.0694. The average Bonchev–Trinajstić information content (AvgIpc) is 2.99. The summed E-state index contributed by atoms with van der Waals surface area (Å²) in [6.45, 7) is 0.722. The smallest absolute Gasteiger partial charge is 0.326 e. The van der Waals surface area contributed by atoms with Gasteiger partial charge in [0.25, 0.3) is 0 Å². The maximum absolute atomic E-state index is 12.0. The summed E-state index contributed by atoms with van der Waals surface area (Å²) in [5.41, 5.74) is 0. The molecule has 0 aromatic rings. The second-order valence-corrected chi connectivity index (χ2v) is 5.37. The topological polar surface area (TPSA) is 98.2 Å². The van der Waals surface area contributed by atoms with Crippen LogP contribution in [0.2, 0.25) is 0 Å². The van der Waals surface area contributed by atoms with Crippen LogP contribution >= 0.6 is 0 Å². The molecule has 116 valence electrons. The fraction of sp³-hybridized carbons (Fsp3) is 0.692. The maximum atomic E-state index is 12.0. The number of likely N-dealkylation sites (N-methyl/N-ethyl adjacent to an activating group) is 1. The summed E-state index contributed by atoms with van der Waals surface area (Å²) in [5.74, 6) is -1.47. The Hall–Kier alpha value is -2.12. The van der Waals surface area contributed by atoms with E-state index in [2.05, 4.69) is 0 Å². The number of urea groups is 1. The summed E-state index contributed by atoms with van der Waals surface area (Å²) in [6.07, 6.45) is 1.67. The Balaban J connectivity index is 1.81. The number of rotatable bonds is 5. The van der Waals surface area contributed by atoms with Crippen molar-refractivity contribution in [2.45, 2.75) is 31.7 Å². The molecule has 2 fully saturated rings. The molecule has 1 atom stereocenters. The van der Waals surface area contributed by atoms with Crippen LogP contribution in [0.3, 0.4) is 0 Å². The number of carbonyl (C=O) groups excluding carboxylic acids is 3. The molecule has 1 unspecified atom stereocenters. The summed E-state index contributed by atoms with van der Waals surface area (Å²) in [7, 11) is 1.55. The van der Waals surface area contributed by atoms with Gasteiger partial charge in [-0.3, -0.25) is 14.5 Å². The Morgan fingerprint density at radius 1 is 1.33 bits per heavy atom. The number of hydrogen-bond donors (Lipinski definition) is 1. The fourth-order valence-corrected chi connectivity index (χ4v) is 2.74. The number of likely N-dealkylation sites (tertiary alicyclic amines) is 1. The maximum Gasteiger partial charge on any atom is 0.326 e. The summed E-state index contributed by atoms with van der Waals surface area (Å²) < 4.78 is 0. The van der Waals surface area contributed by atoms with Gasteiger partial charge < -0.3 is 14.9 Å². The molecular weight excluding hydrogens is 278 g/mol. The van der Waals surface area contributed by atoms with E-state index in [1.807, 2.05) is 0 Å². The molecule has 2 heterocycles. The second kappa shape index (κ2) is 6.11. The first-order valence-corrected chi connectivity index (χ1v) is 6.99.